The third-order valence-corrected chi connectivity index (χ3v) is 1.18. The molecule has 0 radical (unpaired) electrons. The minimum absolute atomic E-state index is 0.113. The van der Waals surface area contributed by atoms with Crippen LogP contribution in [0.5, 0.6) is 0 Å². The van der Waals surface area contributed by atoms with Gasteiger partial charge in [-0.25, -0.2) is 0 Å². The summed E-state index contributed by atoms with van der Waals surface area (Å²) in [5, 5.41) is 37.2. The van der Waals surface area contributed by atoms with Gasteiger partial charge < -0.3 is 20.6 Å². The summed E-state index contributed by atoms with van der Waals surface area (Å²) >= 11 is 0. The summed E-state index contributed by atoms with van der Waals surface area (Å²) in [6.07, 6.45) is 0. The van der Waals surface area contributed by atoms with Crippen molar-refractivity contribution < 1.29 is 20.5 Å². The second-order valence-corrected chi connectivity index (χ2v) is 2.13. The van der Waals surface area contributed by atoms with Gasteiger partial charge in [-0.3, -0.25) is 5.21 Å². The van der Waals surface area contributed by atoms with Gasteiger partial charge in [0.25, 0.3) is 11.8 Å². The molecule has 1 aliphatic rings. The average Bonchev–Trinajstić information content (AvgIpc) is 1.95. The van der Waals surface area contributed by atoms with Crippen molar-refractivity contribution in [3.8, 4) is 0 Å². The molecule has 0 aromatic carbocycles. The van der Waals surface area contributed by atoms with E-state index in [0.29, 0.717) is 0 Å². The maximum atomic E-state index is 9.01. The van der Waals surface area contributed by atoms with E-state index in [-0.39, 0.29) is 5.06 Å². The number of nitrogens with one attached hydrogen (secondary N) is 1. The Balaban J connectivity index is 2.87. The molecule has 0 fully saturated rings. The van der Waals surface area contributed by atoms with Crippen LogP contribution in [0.2, 0.25) is 0 Å². The third-order valence-electron chi connectivity index (χ3n) is 1.18. The van der Waals surface area contributed by atoms with Crippen molar-refractivity contribution in [2.45, 2.75) is 12.8 Å². The van der Waals surface area contributed by atoms with Crippen LogP contribution in [0.1, 0.15) is 6.92 Å². The first-order valence-electron chi connectivity index (χ1n) is 2.57. The normalized spacial score (nSPS) is 32.9. The third kappa shape index (κ3) is 0.739. The van der Waals surface area contributed by atoms with Crippen molar-refractivity contribution in [2.24, 2.45) is 0 Å². The van der Waals surface area contributed by atoms with Crippen LogP contribution in [-0.2, 0) is 0 Å². The van der Waals surface area contributed by atoms with Crippen molar-refractivity contribution in [1.82, 2.24) is 10.4 Å². The Kier molecular flexibility index (Phi) is 1.17. The highest BCUT2D eigenvalue weighted by Crippen LogP contribution is 2.19. The number of hydrogen-bond donors (Lipinski definition) is 5. The fourth-order valence-electron chi connectivity index (χ4n) is 0.640. The van der Waals surface area contributed by atoms with Gasteiger partial charge in [-0.15, -0.1) is 0 Å². The maximum Gasteiger partial charge on any atom is 0.277 e. The Hall–Kier alpha value is -1.14. The molecule has 5 N–H and O–H groups in total. The van der Waals surface area contributed by atoms with Gasteiger partial charge in [0.2, 0.25) is 5.85 Å². The molecular formula is C4H8N2O4. The molecule has 0 aromatic heterocycles. The first kappa shape index (κ1) is 6.97. The lowest BCUT2D eigenvalue weighted by Crippen LogP contribution is -2.48. The monoisotopic (exact) mass is 148 g/mol. The van der Waals surface area contributed by atoms with E-state index in [1.165, 1.54) is 0 Å². The number of nitrogens with zero attached hydrogens (tertiary/aromatic N) is 1. The predicted octanol–water partition coefficient (Wildman–Crippen LogP) is -0.811. The molecule has 1 atom stereocenters. The lowest BCUT2D eigenvalue weighted by Gasteiger charge is -2.24. The number of aliphatic hydroxyl groups is 3. The van der Waals surface area contributed by atoms with E-state index in [4.69, 9.17) is 20.5 Å². The number of rotatable bonds is 0. The summed E-state index contributed by atoms with van der Waals surface area (Å²) in [7, 11) is 0. The fraction of sp³-hybridized carbons (Fsp3) is 0.500. The molecule has 10 heavy (non-hydrogen) atoms. The van der Waals surface area contributed by atoms with Crippen molar-refractivity contribution in [3.63, 3.8) is 0 Å². The molecule has 0 saturated heterocycles. The van der Waals surface area contributed by atoms with Gasteiger partial charge in [0.1, 0.15) is 0 Å². The Morgan fingerprint density at radius 2 is 2.00 bits per heavy atom. The van der Waals surface area contributed by atoms with E-state index in [1.807, 2.05) is 5.32 Å². The van der Waals surface area contributed by atoms with E-state index < -0.39 is 17.6 Å². The van der Waals surface area contributed by atoms with Gasteiger partial charge in [-0.1, -0.05) is 0 Å². The molecular weight excluding hydrogens is 140 g/mol. The smallest absolute Gasteiger partial charge is 0.277 e. The summed E-state index contributed by atoms with van der Waals surface area (Å²) in [4.78, 5) is 0. The highest BCUT2D eigenvalue weighted by Gasteiger charge is 2.39. The van der Waals surface area contributed by atoms with E-state index in [1.54, 1.807) is 0 Å². The summed E-state index contributed by atoms with van der Waals surface area (Å²) in [6.45, 7) is 1.16. The fourth-order valence-corrected chi connectivity index (χ4v) is 0.640. The van der Waals surface area contributed by atoms with Crippen molar-refractivity contribution >= 4 is 0 Å². The lowest BCUT2D eigenvalue weighted by atomic mass is 10.5. The zero-order chi connectivity index (χ0) is 7.94. The van der Waals surface area contributed by atoms with Gasteiger partial charge in [0.05, 0.1) is 0 Å². The van der Waals surface area contributed by atoms with Crippen LogP contribution >= 0.6 is 0 Å². The molecule has 0 amide bonds. The largest absolute Gasteiger partial charge is 0.491 e. The van der Waals surface area contributed by atoms with E-state index in [0.717, 1.165) is 6.92 Å². The molecule has 1 heterocycles. The van der Waals surface area contributed by atoms with Crippen molar-refractivity contribution in [1.29, 1.82) is 0 Å². The predicted molar refractivity (Wildman–Crippen MR) is 29.7 cm³/mol. The molecule has 58 valence electrons. The first-order valence-corrected chi connectivity index (χ1v) is 2.57. The van der Waals surface area contributed by atoms with Crippen LogP contribution in [0.15, 0.2) is 11.8 Å². The van der Waals surface area contributed by atoms with Crippen LogP contribution < -0.4 is 5.32 Å². The van der Waals surface area contributed by atoms with E-state index in [9.17, 15) is 0 Å². The molecule has 0 bridgehead atoms. The zero-order valence-electron chi connectivity index (χ0n) is 5.24. The van der Waals surface area contributed by atoms with Gasteiger partial charge in [0, 0.05) is 6.92 Å². The molecule has 6 heteroatoms. The molecule has 1 aliphatic heterocycles. The van der Waals surface area contributed by atoms with Crippen molar-refractivity contribution in [3.05, 3.63) is 11.8 Å². The molecule has 0 aromatic rings. The van der Waals surface area contributed by atoms with E-state index >= 15 is 0 Å². The lowest BCUT2D eigenvalue weighted by molar-refractivity contribution is -0.244. The van der Waals surface area contributed by atoms with Crippen LogP contribution in [0.4, 0.5) is 0 Å². The standard InChI is InChI=1S/C4H8N2O4/c1-4(9)5-2(7)3(8)6(4)10/h5,7-10H,1H3. The van der Waals surface area contributed by atoms with Gasteiger partial charge in [0.15, 0.2) is 0 Å². The Morgan fingerprint density at radius 3 is 2.10 bits per heavy atom. The quantitative estimate of drug-likeness (QED) is 0.308. The second-order valence-electron chi connectivity index (χ2n) is 2.13. The summed E-state index contributed by atoms with van der Waals surface area (Å²) in [5.74, 6) is -3.30. The Bertz CT molecular complexity index is 188. The molecule has 1 unspecified atom stereocenters. The number of hydroxylamine groups is 2. The van der Waals surface area contributed by atoms with Crippen molar-refractivity contribution in [2.75, 3.05) is 0 Å². The van der Waals surface area contributed by atoms with Crippen LogP contribution in [0.25, 0.3) is 0 Å². The average molecular weight is 148 g/mol. The zero-order valence-corrected chi connectivity index (χ0v) is 5.24. The Labute approximate surface area is 56.6 Å². The minimum atomic E-state index is -1.84. The molecule has 6 nitrogen and oxygen atoms in total. The minimum Gasteiger partial charge on any atom is -0.491 e. The topological polar surface area (TPSA) is 96.2 Å². The molecule has 1 rings (SSSR count). The van der Waals surface area contributed by atoms with Gasteiger partial charge in [-0.05, 0) is 0 Å². The highest BCUT2D eigenvalue weighted by atomic mass is 16.6. The SMILES string of the molecule is CC1(O)NC(O)=C(O)N1O. The van der Waals surface area contributed by atoms with Gasteiger partial charge in [-0.2, -0.15) is 5.06 Å². The van der Waals surface area contributed by atoms with Crippen LogP contribution in [0.3, 0.4) is 0 Å². The first-order chi connectivity index (χ1) is 4.45. The number of hydrogen-bond acceptors (Lipinski definition) is 6. The van der Waals surface area contributed by atoms with Gasteiger partial charge >= 0.3 is 0 Å². The molecule has 0 aliphatic carbocycles. The van der Waals surface area contributed by atoms with E-state index in [2.05, 4.69) is 0 Å². The highest BCUT2D eigenvalue weighted by molar-refractivity contribution is 5.04. The molecule has 0 spiro atoms. The summed E-state index contributed by atoms with van der Waals surface area (Å²) < 4.78 is 0. The number of aliphatic hydroxyl groups excluding tert-OH is 2. The Morgan fingerprint density at radius 1 is 1.50 bits per heavy atom. The maximum absolute atomic E-state index is 9.01. The molecule has 0 saturated carbocycles. The van der Waals surface area contributed by atoms with Crippen LogP contribution in [-0.4, -0.2) is 31.4 Å². The summed E-state index contributed by atoms with van der Waals surface area (Å²) in [6, 6.07) is 0. The van der Waals surface area contributed by atoms with Crippen LogP contribution in [0, 0.1) is 0 Å². The second kappa shape index (κ2) is 1.68. The summed E-state index contributed by atoms with van der Waals surface area (Å²) in [5.41, 5.74) is 0.